The van der Waals surface area contributed by atoms with E-state index in [0.717, 1.165) is 5.56 Å². The van der Waals surface area contributed by atoms with Gasteiger partial charge in [0.05, 0.1) is 23.7 Å². The molecule has 1 aromatic rings. The van der Waals surface area contributed by atoms with Gasteiger partial charge in [-0.25, -0.2) is 0 Å². The number of fused-ring (bicyclic) bond motifs is 1. The van der Waals surface area contributed by atoms with Crippen LogP contribution < -0.4 is 5.32 Å². The van der Waals surface area contributed by atoms with Crippen LogP contribution >= 0.6 is 0 Å². The van der Waals surface area contributed by atoms with E-state index >= 15 is 0 Å². The van der Waals surface area contributed by atoms with Crippen LogP contribution in [0.1, 0.15) is 27.9 Å². The number of nitrogens with one attached hydrogen (secondary N) is 1. The van der Waals surface area contributed by atoms with E-state index in [2.05, 4.69) is 17.2 Å². The standard InChI is InChI=1S/C13H8N2O2/c1-8-5-6-10-11(12(16)13(17)15-10)9(8)4-2-3-7-14/h5-6H,3H2,1H3,(H,15,16,17). The Kier molecular flexibility index (Phi) is 2.64. The van der Waals surface area contributed by atoms with E-state index in [-0.39, 0.29) is 6.42 Å². The van der Waals surface area contributed by atoms with E-state index in [1.54, 1.807) is 12.1 Å². The number of Topliss-reactive ketones (excluding diaryl/α,β-unsaturated/α-hetero) is 1. The zero-order chi connectivity index (χ0) is 12.4. The predicted molar refractivity (Wildman–Crippen MR) is 61.2 cm³/mol. The molecule has 4 heteroatoms. The number of carbonyl (C=O) groups excluding carboxylic acids is 2. The first kappa shape index (κ1) is 10.9. The van der Waals surface area contributed by atoms with Gasteiger partial charge in [0, 0.05) is 5.56 Å². The summed E-state index contributed by atoms with van der Waals surface area (Å²) in [6.45, 7) is 1.81. The molecule has 1 aliphatic rings. The van der Waals surface area contributed by atoms with E-state index in [9.17, 15) is 9.59 Å². The van der Waals surface area contributed by atoms with Crippen molar-refractivity contribution in [2.24, 2.45) is 0 Å². The number of aryl methyl sites for hydroxylation is 1. The van der Waals surface area contributed by atoms with Gasteiger partial charge in [-0.3, -0.25) is 9.59 Å². The van der Waals surface area contributed by atoms with Crippen LogP contribution in [0.25, 0.3) is 0 Å². The first-order valence-corrected chi connectivity index (χ1v) is 5.00. The van der Waals surface area contributed by atoms with Crippen molar-refractivity contribution >= 4 is 17.4 Å². The Bertz CT molecular complexity index is 627. The van der Waals surface area contributed by atoms with Crippen molar-refractivity contribution in [3.8, 4) is 17.9 Å². The Labute approximate surface area is 98.2 Å². The normalized spacial score (nSPS) is 12.2. The average Bonchev–Trinajstić information content (AvgIpc) is 2.59. The number of hydrogen-bond donors (Lipinski definition) is 1. The zero-order valence-corrected chi connectivity index (χ0v) is 9.13. The van der Waals surface area contributed by atoms with Gasteiger partial charge in [-0.1, -0.05) is 17.9 Å². The van der Waals surface area contributed by atoms with Crippen molar-refractivity contribution in [1.29, 1.82) is 5.26 Å². The molecule has 1 heterocycles. The average molecular weight is 224 g/mol. The molecule has 0 aliphatic carbocycles. The van der Waals surface area contributed by atoms with E-state index in [4.69, 9.17) is 5.26 Å². The molecular weight excluding hydrogens is 216 g/mol. The van der Waals surface area contributed by atoms with Crippen LogP contribution in [0, 0.1) is 30.1 Å². The summed E-state index contributed by atoms with van der Waals surface area (Å²) in [4.78, 5) is 22.9. The summed E-state index contributed by atoms with van der Waals surface area (Å²) >= 11 is 0. The maximum atomic E-state index is 11.7. The van der Waals surface area contributed by atoms with Crippen molar-refractivity contribution < 1.29 is 9.59 Å². The SMILES string of the molecule is Cc1ccc2c(c1C#CCC#N)C(=O)C(=O)N2. The van der Waals surface area contributed by atoms with Gasteiger partial charge >= 0.3 is 0 Å². The van der Waals surface area contributed by atoms with Crippen LogP contribution in [0.5, 0.6) is 0 Å². The van der Waals surface area contributed by atoms with Crippen molar-refractivity contribution in [3.05, 3.63) is 28.8 Å². The Morgan fingerprint density at radius 3 is 2.82 bits per heavy atom. The molecule has 17 heavy (non-hydrogen) atoms. The fourth-order valence-electron chi connectivity index (χ4n) is 1.67. The van der Waals surface area contributed by atoms with Gasteiger partial charge in [0.2, 0.25) is 0 Å². The van der Waals surface area contributed by atoms with Gasteiger partial charge in [-0.05, 0) is 18.6 Å². The molecule has 4 nitrogen and oxygen atoms in total. The van der Waals surface area contributed by atoms with Crippen LogP contribution in [0.2, 0.25) is 0 Å². The molecular formula is C13H8N2O2. The minimum absolute atomic E-state index is 0.0959. The van der Waals surface area contributed by atoms with Gasteiger partial charge in [-0.2, -0.15) is 5.26 Å². The third-order valence-electron chi connectivity index (χ3n) is 2.48. The summed E-state index contributed by atoms with van der Waals surface area (Å²) in [6.07, 6.45) is 0.0959. The van der Waals surface area contributed by atoms with Crippen molar-refractivity contribution in [3.63, 3.8) is 0 Å². The lowest BCUT2D eigenvalue weighted by Crippen LogP contribution is -2.13. The lowest BCUT2D eigenvalue weighted by molar-refractivity contribution is -0.112. The highest BCUT2D eigenvalue weighted by molar-refractivity contribution is 6.52. The highest BCUT2D eigenvalue weighted by Gasteiger charge is 2.30. The molecule has 1 aliphatic heterocycles. The number of nitrogens with zero attached hydrogens (tertiary/aromatic N) is 1. The first-order chi connectivity index (χ1) is 8.15. The van der Waals surface area contributed by atoms with Crippen LogP contribution in [-0.2, 0) is 4.79 Å². The minimum atomic E-state index is -0.631. The summed E-state index contributed by atoms with van der Waals surface area (Å²) in [5.41, 5.74) is 2.16. The third kappa shape index (κ3) is 1.77. The number of nitriles is 1. The number of ketones is 1. The monoisotopic (exact) mass is 224 g/mol. The summed E-state index contributed by atoms with van der Waals surface area (Å²) in [7, 11) is 0. The number of anilines is 1. The lowest BCUT2D eigenvalue weighted by atomic mass is 9.99. The highest BCUT2D eigenvalue weighted by atomic mass is 16.2. The first-order valence-electron chi connectivity index (χ1n) is 5.00. The molecule has 2 rings (SSSR count). The van der Waals surface area contributed by atoms with Gasteiger partial charge in [0.15, 0.2) is 0 Å². The van der Waals surface area contributed by atoms with Gasteiger partial charge < -0.3 is 5.32 Å². The molecule has 0 spiro atoms. The van der Waals surface area contributed by atoms with Crippen LogP contribution in [0.15, 0.2) is 12.1 Å². The summed E-state index contributed by atoms with van der Waals surface area (Å²) in [5.74, 6) is 4.24. The fourth-order valence-corrected chi connectivity index (χ4v) is 1.67. The van der Waals surface area contributed by atoms with E-state index in [1.165, 1.54) is 0 Å². The molecule has 0 atom stereocenters. The topological polar surface area (TPSA) is 70.0 Å². The smallest absolute Gasteiger partial charge is 0.296 e. The quantitative estimate of drug-likeness (QED) is 0.534. The number of benzene rings is 1. The molecule has 1 aromatic carbocycles. The molecule has 1 amide bonds. The van der Waals surface area contributed by atoms with E-state index in [1.807, 2.05) is 13.0 Å². The van der Waals surface area contributed by atoms with Crippen molar-refractivity contribution in [2.75, 3.05) is 5.32 Å². The fraction of sp³-hybridized carbons (Fsp3) is 0.154. The molecule has 0 bridgehead atoms. The highest BCUT2D eigenvalue weighted by Crippen LogP contribution is 2.28. The lowest BCUT2D eigenvalue weighted by Gasteiger charge is -2.03. The third-order valence-corrected chi connectivity index (χ3v) is 2.48. The van der Waals surface area contributed by atoms with Gasteiger partial charge in [0.1, 0.15) is 0 Å². The van der Waals surface area contributed by atoms with Gasteiger partial charge in [-0.15, -0.1) is 0 Å². The molecule has 1 N–H and O–H groups in total. The maximum Gasteiger partial charge on any atom is 0.296 e. The van der Waals surface area contributed by atoms with E-state index in [0.29, 0.717) is 16.8 Å². The minimum Gasteiger partial charge on any atom is -0.318 e. The Balaban J connectivity index is 2.59. The Morgan fingerprint density at radius 2 is 2.12 bits per heavy atom. The molecule has 0 saturated carbocycles. The zero-order valence-electron chi connectivity index (χ0n) is 9.13. The van der Waals surface area contributed by atoms with Gasteiger partial charge in [0.25, 0.3) is 11.7 Å². The predicted octanol–water partition coefficient (Wildman–Crippen LogP) is 1.39. The Hall–Kier alpha value is -2.59. The van der Waals surface area contributed by atoms with Crippen molar-refractivity contribution in [1.82, 2.24) is 0 Å². The largest absolute Gasteiger partial charge is 0.318 e. The molecule has 0 unspecified atom stereocenters. The second kappa shape index (κ2) is 4.11. The van der Waals surface area contributed by atoms with Crippen LogP contribution in [0.4, 0.5) is 5.69 Å². The summed E-state index contributed by atoms with van der Waals surface area (Å²) in [5, 5.41) is 10.9. The summed E-state index contributed by atoms with van der Waals surface area (Å²) < 4.78 is 0. The Morgan fingerprint density at radius 1 is 1.35 bits per heavy atom. The number of amides is 1. The summed E-state index contributed by atoms with van der Waals surface area (Å²) in [6, 6.07) is 5.37. The second-order valence-electron chi connectivity index (χ2n) is 3.60. The molecule has 0 aromatic heterocycles. The number of rotatable bonds is 0. The van der Waals surface area contributed by atoms with Crippen molar-refractivity contribution in [2.45, 2.75) is 13.3 Å². The van der Waals surface area contributed by atoms with Crippen LogP contribution in [0.3, 0.4) is 0 Å². The molecule has 0 saturated heterocycles. The number of hydrogen-bond acceptors (Lipinski definition) is 3. The molecule has 0 radical (unpaired) electrons. The second-order valence-corrected chi connectivity index (χ2v) is 3.60. The number of carbonyl (C=O) groups is 2. The molecule has 82 valence electrons. The van der Waals surface area contributed by atoms with Crippen LogP contribution in [-0.4, -0.2) is 11.7 Å². The molecule has 0 fully saturated rings. The van der Waals surface area contributed by atoms with E-state index < -0.39 is 11.7 Å². The maximum absolute atomic E-state index is 11.7.